The molecule has 2 atom stereocenters. The maximum atomic E-state index is 13.5. The summed E-state index contributed by atoms with van der Waals surface area (Å²) in [4.78, 5) is 11.7. The SMILES string of the molecule is CNc1c(F)cc(C(=O)NCC(C)S(C)=O)cc1F. The van der Waals surface area contributed by atoms with Gasteiger partial charge in [-0.15, -0.1) is 0 Å². The standard InChI is InChI=1S/C12H16F2N2O2S/c1-7(19(3)18)6-16-12(17)8-4-9(13)11(15-2)10(14)5-8/h4-5,7,15H,6H2,1-3H3,(H,16,17). The van der Waals surface area contributed by atoms with E-state index in [9.17, 15) is 17.8 Å². The maximum absolute atomic E-state index is 13.5. The van der Waals surface area contributed by atoms with Crippen molar-refractivity contribution < 1.29 is 17.8 Å². The Bertz CT molecular complexity index is 485. The average Bonchev–Trinajstić information content (AvgIpc) is 2.34. The summed E-state index contributed by atoms with van der Waals surface area (Å²) in [5, 5.41) is 4.63. The molecule has 2 N–H and O–H groups in total. The van der Waals surface area contributed by atoms with E-state index in [2.05, 4.69) is 10.6 Å². The van der Waals surface area contributed by atoms with Crippen LogP contribution in [0.2, 0.25) is 0 Å². The Kier molecular flexibility index (Phi) is 5.41. The minimum Gasteiger partial charge on any atom is -0.383 e. The van der Waals surface area contributed by atoms with Crippen LogP contribution in [-0.2, 0) is 10.8 Å². The van der Waals surface area contributed by atoms with E-state index < -0.39 is 28.3 Å². The predicted octanol–water partition coefficient (Wildman–Crippen LogP) is 1.50. The second-order valence-electron chi connectivity index (χ2n) is 4.08. The third-order valence-corrected chi connectivity index (χ3v) is 3.97. The quantitative estimate of drug-likeness (QED) is 0.864. The first-order chi connectivity index (χ1) is 8.86. The molecule has 7 heteroatoms. The fourth-order valence-corrected chi connectivity index (χ4v) is 1.72. The number of anilines is 1. The summed E-state index contributed by atoms with van der Waals surface area (Å²) in [5.41, 5.74) is -0.386. The van der Waals surface area contributed by atoms with Gasteiger partial charge in [-0.1, -0.05) is 0 Å². The number of hydrogen-bond acceptors (Lipinski definition) is 3. The van der Waals surface area contributed by atoms with Gasteiger partial charge in [0.05, 0.1) is 0 Å². The summed E-state index contributed by atoms with van der Waals surface area (Å²) in [6, 6.07) is 1.91. The van der Waals surface area contributed by atoms with Crippen molar-refractivity contribution in [2.45, 2.75) is 12.2 Å². The van der Waals surface area contributed by atoms with E-state index in [0.717, 1.165) is 12.1 Å². The van der Waals surface area contributed by atoms with Gasteiger partial charge < -0.3 is 10.6 Å². The molecule has 0 aliphatic carbocycles. The first kappa shape index (κ1) is 15.6. The van der Waals surface area contributed by atoms with Crippen molar-refractivity contribution in [2.75, 3.05) is 25.2 Å². The summed E-state index contributed by atoms with van der Waals surface area (Å²) >= 11 is 0. The molecular formula is C12H16F2N2O2S. The van der Waals surface area contributed by atoms with Gasteiger partial charge in [0, 0.05) is 41.5 Å². The molecule has 19 heavy (non-hydrogen) atoms. The number of hydrogen-bond donors (Lipinski definition) is 2. The van der Waals surface area contributed by atoms with Gasteiger partial charge in [0.1, 0.15) is 17.3 Å². The van der Waals surface area contributed by atoms with Crippen molar-refractivity contribution >= 4 is 22.4 Å². The largest absolute Gasteiger partial charge is 0.383 e. The zero-order valence-corrected chi connectivity index (χ0v) is 11.7. The average molecular weight is 290 g/mol. The summed E-state index contributed by atoms with van der Waals surface area (Å²) in [6.45, 7) is 1.89. The van der Waals surface area contributed by atoms with Crippen LogP contribution in [0.4, 0.5) is 14.5 Å². The van der Waals surface area contributed by atoms with Gasteiger partial charge in [-0.25, -0.2) is 8.78 Å². The first-order valence-corrected chi connectivity index (χ1v) is 7.26. The predicted molar refractivity (Wildman–Crippen MR) is 71.8 cm³/mol. The van der Waals surface area contributed by atoms with Crippen LogP contribution in [0.15, 0.2) is 12.1 Å². The topological polar surface area (TPSA) is 58.2 Å². The van der Waals surface area contributed by atoms with Gasteiger partial charge in [-0.05, 0) is 19.1 Å². The molecule has 0 spiro atoms. The zero-order valence-electron chi connectivity index (χ0n) is 10.9. The third-order valence-electron chi connectivity index (χ3n) is 2.67. The van der Waals surface area contributed by atoms with Crippen LogP contribution in [0.3, 0.4) is 0 Å². The van der Waals surface area contributed by atoms with Crippen LogP contribution < -0.4 is 10.6 Å². The van der Waals surface area contributed by atoms with Gasteiger partial charge >= 0.3 is 0 Å². The van der Waals surface area contributed by atoms with E-state index in [1.165, 1.54) is 13.3 Å². The highest BCUT2D eigenvalue weighted by atomic mass is 32.2. The van der Waals surface area contributed by atoms with Crippen LogP contribution >= 0.6 is 0 Å². The van der Waals surface area contributed by atoms with Gasteiger partial charge in [0.2, 0.25) is 0 Å². The third kappa shape index (κ3) is 3.99. The van der Waals surface area contributed by atoms with E-state index in [-0.39, 0.29) is 23.0 Å². The van der Waals surface area contributed by atoms with Crippen molar-refractivity contribution in [2.24, 2.45) is 0 Å². The lowest BCUT2D eigenvalue weighted by molar-refractivity contribution is 0.0953. The molecule has 0 saturated heterocycles. The van der Waals surface area contributed by atoms with Crippen LogP contribution in [0.1, 0.15) is 17.3 Å². The molecule has 0 aromatic heterocycles. The highest BCUT2D eigenvalue weighted by molar-refractivity contribution is 7.84. The summed E-state index contributed by atoms with van der Waals surface area (Å²) < 4.78 is 38.1. The Morgan fingerprint density at radius 2 is 1.89 bits per heavy atom. The Labute approximate surface area is 113 Å². The number of halogens is 2. The molecule has 0 heterocycles. The summed E-state index contributed by atoms with van der Waals surface area (Å²) in [6.07, 6.45) is 1.53. The monoisotopic (exact) mass is 290 g/mol. The zero-order chi connectivity index (χ0) is 14.6. The number of amides is 1. The van der Waals surface area contributed by atoms with Gasteiger partial charge in [0.25, 0.3) is 5.91 Å². The van der Waals surface area contributed by atoms with Crippen molar-refractivity contribution in [3.05, 3.63) is 29.3 Å². The molecular weight excluding hydrogens is 274 g/mol. The van der Waals surface area contributed by atoms with Crippen LogP contribution in [0.25, 0.3) is 0 Å². The molecule has 0 radical (unpaired) electrons. The van der Waals surface area contributed by atoms with Crippen molar-refractivity contribution in [1.82, 2.24) is 5.32 Å². The molecule has 0 aliphatic heterocycles. The highest BCUT2D eigenvalue weighted by Crippen LogP contribution is 2.20. The number of nitrogens with one attached hydrogen (secondary N) is 2. The second-order valence-corrected chi connectivity index (χ2v) is 5.89. The minimum absolute atomic E-state index is 0.108. The van der Waals surface area contributed by atoms with Crippen LogP contribution in [-0.4, -0.2) is 35.2 Å². The fraction of sp³-hybridized carbons (Fsp3) is 0.417. The molecule has 1 aromatic carbocycles. The Hall–Kier alpha value is -1.50. The van der Waals surface area contributed by atoms with E-state index in [1.54, 1.807) is 6.92 Å². The maximum Gasteiger partial charge on any atom is 0.251 e. The van der Waals surface area contributed by atoms with Crippen molar-refractivity contribution in [3.8, 4) is 0 Å². The summed E-state index contributed by atoms with van der Waals surface area (Å²) in [5.74, 6) is -2.27. The van der Waals surface area contributed by atoms with Gasteiger partial charge in [-0.2, -0.15) is 0 Å². The van der Waals surface area contributed by atoms with E-state index in [0.29, 0.717) is 0 Å². The van der Waals surface area contributed by atoms with Gasteiger partial charge in [0.15, 0.2) is 0 Å². The molecule has 1 rings (SSSR count). The molecule has 1 aromatic rings. The van der Waals surface area contributed by atoms with Crippen molar-refractivity contribution in [3.63, 3.8) is 0 Å². The molecule has 0 fully saturated rings. The first-order valence-electron chi connectivity index (χ1n) is 5.64. The summed E-state index contributed by atoms with van der Waals surface area (Å²) in [7, 11) is 0.318. The van der Waals surface area contributed by atoms with E-state index in [1.807, 2.05) is 0 Å². The molecule has 2 unspecified atom stereocenters. The van der Waals surface area contributed by atoms with Gasteiger partial charge in [-0.3, -0.25) is 9.00 Å². The Morgan fingerprint density at radius 1 is 1.37 bits per heavy atom. The molecule has 0 bridgehead atoms. The van der Waals surface area contributed by atoms with E-state index in [4.69, 9.17) is 0 Å². The lowest BCUT2D eigenvalue weighted by Gasteiger charge is -2.11. The smallest absolute Gasteiger partial charge is 0.251 e. The Morgan fingerprint density at radius 3 is 2.32 bits per heavy atom. The number of carbonyl (C=O) groups excluding carboxylic acids is 1. The molecule has 1 amide bonds. The van der Waals surface area contributed by atoms with Crippen molar-refractivity contribution in [1.29, 1.82) is 0 Å². The molecule has 4 nitrogen and oxygen atoms in total. The Balaban J connectivity index is 2.81. The molecule has 106 valence electrons. The highest BCUT2D eigenvalue weighted by Gasteiger charge is 2.15. The fourth-order valence-electron chi connectivity index (χ4n) is 1.40. The van der Waals surface area contributed by atoms with Crippen LogP contribution in [0.5, 0.6) is 0 Å². The van der Waals surface area contributed by atoms with Crippen LogP contribution in [0, 0.1) is 11.6 Å². The minimum atomic E-state index is -1.07. The molecule has 0 aliphatic rings. The lowest BCUT2D eigenvalue weighted by Crippen LogP contribution is -2.32. The molecule has 0 saturated carbocycles. The lowest BCUT2D eigenvalue weighted by atomic mass is 10.1. The number of benzene rings is 1. The second kappa shape index (κ2) is 6.60. The normalized spacial score (nSPS) is 13.7. The number of carbonyl (C=O) groups is 1. The number of rotatable bonds is 5. The van der Waals surface area contributed by atoms with E-state index >= 15 is 0 Å².